The van der Waals surface area contributed by atoms with Crippen molar-refractivity contribution >= 4 is 11.5 Å². The molecule has 0 radical (unpaired) electrons. The van der Waals surface area contributed by atoms with Crippen molar-refractivity contribution in [2.45, 2.75) is 6.92 Å². The molecule has 2 aromatic rings. The summed E-state index contributed by atoms with van der Waals surface area (Å²) < 4.78 is 12.9. The highest BCUT2D eigenvalue weighted by Crippen LogP contribution is 2.18. The van der Waals surface area contributed by atoms with E-state index in [9.17, 15) is 9.18 Å². The zero-order valence-electron chi connectivity index (χ0n) is 9.27. The van der Waals surface area contributed by atoms with Crippen LogP contribution in [0.3, 0.4) is 0 Å². The summed E-state index contributed by atoms with van der Waals surface area (Å²) in [5, 5.41) is 0. The minimum atomic E-state index is -0.363. The Morgan fingerprint density at radius 3 is 2.71 bits per heavy atom. The molecule has 0 aliphatic rings. The van der Waals surface area contributed by atoms with Crippen LogP contribution in [-0.2, 0) is 0 Å². The lowest BCUT2D eigenvalue weighted by Gasteiger charge is -2.06. The van der Waals surface area contributed by atoms with Gasteiger partial charge in [0.1, 0.15) is 5.82 Å². The van der Waals surface area contributed by atoms with Crippen LogP contribution in [-0.4, -0.2) is 10.8 Å². The molecule has 0 aliphatic heterocycles. The largest absolute Gasteiger partial charge is 0.398 e. The van der Waals surface area contributed by atoms with Gasteiger partial charge in [-0.15, -0.1) is 0 Å². The maximum atomic E-state index is 12.9. The Kier molecular flexibility index (Phi) is 2.87. The first kappa shape index (κ1) is 11.3. The third-order valence-corrected chi connectivity index (χ3v) is 2.53. The van der Waals surface area contributed by atoms with Crippen molar-refractivity contribution in [2.24, 2.45) is 0 Å². The van der Waals surface area contributed by atoms with Crippen molar-refractivity contribution < 1.29 is 9.18 Å². The highest BCUT2D eigenvalue weighted by Gasteiger charge is 2.14. The highest BCUT2D eigenvalue weighted by molar-refractivity contribution is 6.12. The molecule has 4 heteroatoms. The van der Waals surface area contributed by atoms with Gasteiger partial charge in [-0.05, 0) is 36.8 Å². The third-order valence-electron chi connectivity index (χ3n) is 2.53. The topological polar surface area (TPSA) is 56.0 Å². The number of hydrogen-bond donors (Lipinski definition) is 1. The number of nitrogen functional groups attached to an aromatic ring is 1. The highest BCUT2D eigenvalue weighted by atomic mass is 19.1. The van der Waals surface area contributed by atoms with Gasteiger partial charge in [0.25, 0.3) is 0 Å². The second-order valence-corrected chi connectivity index (χ2v) is 3.75. The molecular weight excluding hydrogens is 219 g/mol. The fourth-order valence-corrected chi connectivity index (χ4v) is 1.62. The Morgan fingerprint density at radius 2 is 2.06 bits per heavy atom. The van der Waals surface area contributed by atoms with Crippen LogP contribution >= 0.6 is 0 Å². The molecule has 3 nitrogen and oxygen atoms in total. The van der Waals surface area contributed by atoms with E-state index in [1.165, 1.54) is 30.6 Å². The lowest BCUT2D eigenvalue weighted by Crippen LogP contribution is -2.07. The predicted molar refractivity (Wildman–Crippen MR) is 63.2 cm³/mol. The lowest BCUT2D eigenvalue weighted by atomic mass is 9.99. The molecule has 1 heterocycles. The monoisotopic (exact) mass is 230 g/mol. The molecule has 1 aromatic carbocycles. The first-order valence-electron chi connectivity index (χ1n) is 5.10. The van der Waals surface area contributed by atoms with Gasteiger partial charge < -0.3 is 5.73 Å². The number of aryl methyl sites for hydroxylation is 1. The number of anilines is 1. The van der Waals surface area contributed by atoms with Crippen LogP contribution in [0.1, 0.15) is 21.5 Å². The van der Waals surface area contributed by atoms with E-state index < -0.39 is 0 Å². The average molecular weight is 230 g/mol. The van der Waals surface area contributed by atoms with E-state index in [1.54, 1.807) is 13.0 Å². The van der Waals surface area contributed by atoms with Crippen molar-refractivity contribution in [3.05, 3.63) is 59.2 Å². The summed E-state index contributed by atoms with van der Waals surface area (Å²) in [7, 11) is 0. The van der Waals surface area contributed by atoms with E-state index in [-0.39, 0.29) is 11.6 Å². The van der Waals surface area contributed by atoms with E-state index in [0.29, 0.717) is 22.4 Å². The number of nitrogens with two attached hydrogens (primary N) is 1. The number of carbonyl (C=O) groups is 1. The molecule has 0 unspecified atom stereocenters. The summed E-state index contributed by atoms with van der Waals surface area (Å²) in [6, 6.07) is 5.60. The summed E-state index contributed by atoms with van der Waals surface area (Å²) in [6.45, 7) is 1.68. The molecule has 0 aliphatic carbocycles. The molecule has 0 bridgehead atoms. The van der Waals surface area contributed by atoms with Crippen molar-refractivity contribution in [1.29, 1.82) is 0 Å². The normalized spacial score (nSPS) is 10.2. The Hall–Kier alpha value is -2.23. The molecule has 17 heavy (non-hydrogen) atoms. The Bertz CT molecular complexity index is 581. The molecule has 0 saturated heterocycles. The van der Waals surface area contributed by atoms with Crippen molar-refractivity contribution in [3.8, 4) is 0 Å². The van der Waals surface area contributed by atoms with Gasteiger partial charge in [0.15, 0.2) is 5.78 Å². The van der Waals surface area contributed by atoms with Gasteiger partial charge in [-0.25, -0.2) is 4.39 Å². The minimum absolute atomic E-state index is 0.242. The minimum Gasteiger partial charge on any atom is -0.398 e. The van der Waals surface area contributed by atoms with Gasteiger partial charge in [-0.2, -0.15) is 0 Å². The number of pyridine rings is 1. The quantitative estimate of drug-likeness (QED) is 0.805. The number of nitrogens with zero attached hydrogens (tertiary/aromatic N) is 1. The zero-order chi connectivity index (χ0) is 12.4. The lowest BCUT2D eigenvalue weighted by molar-refractivity contribution is 0.103. The molecule has 0 spiro atoms. The van der Waals surface area contributed by atoms with E-state index in [0.717, 1.165) is 0 Å². The molecule has 1 aromatic heterocycles. The molecular formula is C13H11FN2O. The number of carbonyl (C=O) groups excluding carboxylic acids is 1. The van der Waals surface area contributed by atoms with Crippen LogP contribution in [0.25, 0.3) is 0 Å². The van der Waals surface area contributed by atoms with Crippen LogP contribution < -0.4 is 5.73 Å². The van der Waals surface area contributed by atoms with Gasteiger partial charge in [0.05, 0.1) is 5.56 Å². The zero-order valence-corrected chi connectivity index (χ0v) is 9.27. The first-order chi connectivity index (χ1) is 8.09. The Labute approximate surface area is 98.1 Å². The van der Waals surface area contributed by atoms with Crippen LogP contribution in [0.5, 0.6) is 0 Å². The average Bonchev–Trinajstić information content (AvgIpc) is 2.29. The van der Waals surface area contributed by atoms with E-state index in [1.807, 2.05) is 0 Å². The fraction of sp³-hybridized carbons (Fsp3) is 0.0769. The number of ketones is 1. The van der Waals surface area contributed by atoms with Crippen molar-refractivity contribution in [2.75, 3.05) is 5.73 Å². The summed E-state index contributed by atoms with van der Waals surface area (Å²) in [5.41, 5.74) is 7.43. The van der Waals surface area contributed by atoms with Crippen LogP contribution in [0, 0.1) is 12.7 Å². The molecule has 0 atom stereocenters. The molecule has 0 amide bonds. The smallest absolute Gasteiger partial charge is 0.196 e. The Balaban J connectivity index is 2.48. The van der Waals surface area contributed by atoms with Crippen LogP contribution in [0.2, 0.25) is 0 Å². The third kappa shape index (κ3) is 2.15. The van der Waals surface area contributed by atoms with Gasteiger partial charge in [-0.1, -0.05) is 0 Å². The van der Waals surface area contributed by atoms with Crippen molar-refractivity contribution in [3.63, 3.8) is 0 Å². The van der Waals surface area contributed by atoms with Gasteiger partial charge in [-0.3, -0.25) is 9.78 Å². The number of rotatable bonds is 2. The molecule has 2 N–H and O–H groups in total. The summed E-state index contributed by atoms with van der Waals surface area (Å²) in [6.07, 6.45) is 2.93. The van der Waals surface area contributed by atoms with E-state index in [4.69, 9.17) is 5.73 Å². The van der Waals surface area contributed by atoms with E-state index in [2.05, 4.69) is 4.98 Å². The number of benzene rings is 1. The van der Waals surface area contributed by atoms with E-state index >= 15 is 0 Å². The second kappa shape index (κ2) is 4.33. The number of halogens is 1. The van der Waals surface area contributed by atoms with Gasteiger partial charge >= 0.3 is 0 Å². The van der Waals surface area contributed by atoms with Crippen molar-refractivity contribution in [1.82, 2.24) is 4.98 Å². The molecule has 0 saturated carbocycles. The summed E-state index contributed by atoms with van der Waals surface area (Å²) in [5.74, 6) is -0.605. The van der Waals surface area contributed by atoms with Crippen LogP contribution in [0.4, 0.5) is 10.1 Å². The fourth-order valence-electron chi connectivity index (χ4n) is 1.62. The molecule has 0 fully saturated rings. The van der Waals surface area contributed by atoms with Crippen LogP contribution in [0.15, 0.2) is 36.7 Å². The summed E-state index contributed by atoms with van der Waals surface area (Å²) >= 11 is 0. The second-order valence-electron chi connectivity index (χ2n) is 3.75. The summed E-state index contributed by atoms with van der Waals surface area (Å²) in [4.78, 5) is 16.0. The van der Waals surface area contributed by atoms with Gasteiger partial charge in [0.2, 0.25) is 0 Å². The number of hydrogen-bond acceptors (Lipinski definition) is 3. The van der Waals surface area contributed by atoms with Gasteiger partial charge in [0, 0.05) is 23.6 Å². The number of aromatic nitrogens is 1. The first-order valence-corrected chi connectivity index (χ1v) is 5.10. The predicted octanol–water partition coefficient (Wildman–Crippen LogP) is 2.34. The molecule has 86 valence electrons. The SMILES string of the molecule is Cc1cc(F)ccc1C(=O)c1cnccc1N. The maximum Gasteiger partial charge on any atom is 0.196 e. The molecule has 2 rings (SSSR count). The maximum absolute atomic E-state index is 12.9. The Morgan fingerprint density at radius 1 is 1.29 bits per heavy atom. The standard InChI is InChI=1S/C13H11FN2O/c1-8-6-9(14)2-3-10(8)13(17)11-7-16-5-4-12(11)15/h2-7H,1H3,(H2,15,16).